The third-order valence-corrected chi connectivity index (χ3v) is 2.77. The van der Waals surface area contributed by atoms with Crippen LogP contribution in [0.1, 0.15) is 41.0 Å². The van der Waals surface area contributed by atoms with E-state index in [2.05, 4.69) is 0 Å². The maximum atomic E-state index is 10.8. The molecular formula is C12H22O4. The van der Waals surface area contributed by atoms with Crippen molar-refractivity contribution in [2.24, 2.45) is 5.41 Å². The molecule has 1 aliphatic rings. The van der Waals surface area contributed by atoms with E-state index in [4.69, 9.17) is 14.2 Å². The molecule has 0 aromatic carbocycles. The fourth-order valence-electron chi connectivity index (χ4n) is 1.78. The van der Waals surface area contributed by atoms with Gasteiger partial charge in [0.1, 0.15) is 0 Å². The molecule has 0 aromatic rings. The quantitative estimate of drug-likeness (QED) is 0.697. The van der Waals surface area contributed by atoms with Crippen LogP contribution in [0.25, 0.3) is 0 Å². The lowest BCUT2D eigenvalue weighted by Gasteiger charge is -2.43. The fourth-order valence-corrected chi connectivity index (χ4v) is 1.78. The van der Waals surface area contributed by atoms with E-state index >= 15 is 0 Å². The number of rotatable bonds is 3. The smallest absolute Gasteiger partial charge is 0.302 e. The van der Waals surface area contributed by atoms with Gasteiger partial charge in [-0.25, -0.2) is 0 Å². The minimum Gasteiger partial charge on any atom is -0.465 e. The highest BCUT2D eigenvalue weighted by Crippen LogP contribution is 2.33. The largest absolute Gasteiger partial charge is 0.465 e. The molecule has 4 nitrogen and oxygen atoms in total. The van der Waals surface area contributed by atoms with Crippen molar-refractivity contribution in [2.45, 2.75) is 52.9 Å². The first-order valence-electron chi connectivity index (χ1n) is 5.68. The minimum absolute atomic E-state index is 0.0515. The van der Waals surface area contributed by atoms with Crippen LogP contribution in [0.3, 0.4) is 0 Å². The van der Waals surface area contributed by atoms with E-state index in [1.165, 1.54) is 6.92 Å². The van der Waals surface area contributed by atoms with E-state index in [-0.39, 0.29) is 17.5 Å². The van der Waals surface area contributed by atoms with Crippen molar-refractivity contribution in [1.29, 1.82) is 0 Å². The normalized spacial score (nSPS) is 25.2. The van der Waals surface area contributed by atoms with E-state index in [0.29, 0.717) is 13.2 Å². The van der Waals surface area contributed by atoms with Crippen molar-refractivity contribution >= 4 is 5.97 Å². The molecule has 0 bridgehead atoms. The van der Waals surface area contributed by atoms with E-state index < -0.39 is 5.79 Å². The van der Waals surface area contributed by atoms with Crippen LogP contribution in [0.4, 0.5) is 0 Å². The van der Waals surface area contributed by atoms with Crippen molar-refractivity contribution in [1.82, 2.24) is 0 Å². The predicted molar refractivity (Wildman–Crippen MR) is 59.9 cm³/mol. The summed E-state index contributed by atoms with van der Waals surface area (Å²) in [7, 11) is 0. The van der Waals surface area contributed by atoms with Crippen molar-refractivity contribution in [2.75, 3.05) is 13.2 Å². The number of hydrogen-bond donors (Lipinski definition) is 0. The molecule has 4 heteroatoms. The van der Waals surface area contributed by atoms with Gasteiger partial charge in [-0.3, -0.25) is 4.79 Å². The van der Waals surface area contributed by atoms with Crippen LogP contribution in [-0.4, -0.2) is 31.1 Å². The Morgan fingerprint density at radius 3 is 2.62 bits per heavy atom. The molecule has 0 aromatic heterocycles. The van der Waals surface area contributed by atoms with Gasteiger partial charge in [0.2, 0.25) is 0 Å². The number of ether oxygens (including phenoxy) is 3. The SMILES string of the molecule is CC(=O)OCC(C)(C)C1CCOC(C)(C)O1. The van der Waals surface area contributed by atoms with Crippen LogP contribution in [0.2, 0.25) is 0 Å². The summed E-state index contributed by atoms with van der Waals surface area (Å²) >= 11 is 0. The van der Waals surface area contributed by atoms with Gasteiger partial charge in [0.25, 0.3) is 0 Å². The van der Waals surface area contributed by atoms with Crippen LogP contribution in [0.5, 0.6) is 0 Å². The maximum Gasteiger partial charge on any atom is 0.302 e. The molecule has 1 saturated heterocycles. The highest BCUT2D eigenvalue weighted by atomic mass is 16.7. The molecule has 0 radical (unpaired) electrons. The third kappa shape index (κ3) is 3.76. The molecule has 1 rings (SSSR count). The zero-order valence-electron chi connectivity index (χ0n) is 10.8. The van der Waals surface area contributed by atoms with Crippen LogP contribution in [0, 0.1) is 5.41 Å². The summed E-state index contributed by atoms with van der Waals surface area (Å²) in [5, 5.41) is 0. The standard InChI is InChI=1S/C12H22O4/c1-9(13)14-8-11(2,3)10-6-7-15-12(4,5)16-10/h10H,6-8H2,1-5H3. The molecule has 16 heavy (non-hydrogen) atoms. The Balaban J connectivity index is 2.57. The zero-order valence-corrected chi connectivity index (χ0v) is 10.8. The molecule has 0 aliphatic carbocycles. The van der Waals surface area contributed by atoms with E-state index in [9.17, 15) is 4.79 Å². The Labute approximate surface area is 97.2 Å². The molecular weight excluding hydrogens is 208 g/mol. The third-order valence-electron chi connectivity index (χ3n) is 2.77. The first kappa shape index (κ1) is 13.5. The average molecular weight is 230 g/mol. The van der Waals surface area contributed by atoms with Gasteiger partial charge < -0.3 is 14.2 Å². The zero-order chi connectivity index (χ0) is 12.4. The molecule has 0 spiro atoms. The summed E-state index contributed by atoms with van der Waals surface area (Å²) in [6, 6.07) is 0. The van der Waals surface area contributed by atoms with Crippen molar-refractivity contribution in [3.63, 3.8) is 0 Å². The Kier molecular flexibility index (Phi) is 3.97. The summed E-state index contributed by atoms with van der Waals surface area (Å²) in [4.78, 5) is 10.8. The minimum atomic E-state index is -0.545. The molecule has 1 atom stereocenters. The number of carbonyl (C=O) groups is 1. The molecule has 1 aliphatic heterocycles. The van der Waals surface area contributed by atoms with Crippen molar-refractivity contribution in [3.8, 4) is 0 Å². The molecule has 0 saturated carbocycles. The molecule has 0 amide bonds. The Morgan fingerprint density at radius 1 is 1.50 bits per heavy atom. The lowest BCUT2D eigenvalue weighted by Crippen LogP contribution is -2.47. The van der Waals surface area contributed by atoms with Gasteiger partial charge in [-0.2, -0.15) is 0 Å². The second-order valence-corrected chi connectivity index (χ2v) is 5.41. The predicted octanol–water partition coefficient (Wildman–Crippen LogP) is 2.12. The van der Waals surface area contributed by atoms with Crippen molar-refractivity contribution < 1.29 is 19.0 Å². The summed E-state index contributed by atoms with van der Waals surface area (Å²) in [5.74, 6) is -0.796. The fraction of sp³-hybridized carbons (Fsp3) is 0.917. The summed E-state index contributed by atoms with van der Waals surface area (Å²) in [5.41, 5.74) is -0.188. The van der Waals surface area contributed by atoms with Gasteiger partial charge in [0.05, 0.1) is 19.3 Å². The summed E-state index contributed by atoms with van der Waals surface area (Å²) < 4.78 is 16.4. The maximum absolute atomic E-state index is 10.8. The topological polar surface area (TPSA) is 44.8 Å². The Morgan fingerprint density at radius 2 is 2.12 bits per heavy atom. The van der Waals surface area contributed by atoms with E-state index in [1.54, 1.807) is 0 Å². The Hall–Kier alpha value is -0.610. The van der Waals surface area contributed by atoms with Crippen LogP contribution in [0.15, 0.2) is 0 Å². The second kappa shape index (κ2) is 4.72. The van der Waals surface area contributed by atoms with Crippen LogP contribution >= 0.6 is 0 Å². The summed E-state index contributed by atoms with van der Waals surface area (Å²) in [6.45, 7) is 10.4. The highest BCUT2D eigenvalue weighted by molar-refractivity contribution is 5.65. The van der Waals surface area contributed by atoms with Gasteiger partial charge in [-0.1, -0.05) is 13.8 Å². The van der Waals surface area contributed by atoms with Gasteiger partial charge in [-0.15, -0.1) is 0 Å². The monoisotopic (exact) mass is 230 g/mol. The van der Waals surface area contributed by atoms with Gasteiger partial charge in [0, 0.05) is 12.3 Å². The van der Waals surface area contributed by atoms with E-state index in [1.807, 2.05) is 27.7 Å². The second-order valence-electron chi connectivity index (χ2n) is 5.41. The molecule has 1 fully saturated rings. The molecule has 0 N–H and O–H groups in total. The lowest BCUT2D eigenvalue weighted by molar-refractivity contribution is -0.294. The first-order valence-corrected chi connectivity index (χ1v) is 5.68. The number of esters is 1. The van der Waals surface area contributed by atoms with Gasteiger partial charge in [-0.05, 0) is 20.3 Å². The first-order chi connectivity index (χ1) is 7.23. The van der Waals surface area contributed by atoms with Crippen LogP contribution < -0.4 is 0 Å². The van der Waals surface area contributed by atoms with Gasteiger partial charge >= 0.3 is 5.97 Å². The number of carbonyl (C=O) groups excluding carboxylic acids is 1. The van der Waals surface area contributed by atoms with Crippen molar-refractivity contribution in [3.05, 3.63) is 0 Å². The molecule has 94 valence electrons. The Bertz CT molecular complexity index is 258. The lowest BCUT2D eigenvalue weighted by atomic mass is 9.85. The highest BCUT2D eigenvalue weighted by Gasteiger charge is 2.39. The van der Waals surface area contributed by atoms with Crippen LogP contribution in [-0.2, 0) is 19.0 Å². The average Bonchev–Trinajstić information content (AvgIpc) is 2.13. The molecule has 1 unspecified atom stereocenters. The van der Waals surface area contributed by atoms with E-state index in [0.717, 1.165) is 6.42 Å². The molecule has 1 heterocycles. The summed E-state index contributed by atoms with van der Waals surface area (Å²) in [6.07, 6.45) is 0.883. The van der Waals surface area contributed by atoms with Gasteiger partial charge in [0.15, 0.2) is 5.79 Å². The number of hydrogen-bond acceptors (Lipinski definition) is 4.